The summed E-state index contributed by atoms with van der Waals surface area (Å²) in [5.74, 6) is -2.45. The van der Waals surface area contributed by atoms with Crippen molar-refractivity contribution in [1.29, 1.82) is 5.26 Å². The fourth-order valence-corrected chi connectivity index (χ4v) is 2.68. The van der Waals surface area contributed by atoms with E-state index in [2.05, 4.69) is 20.7 Å². The van der Waals surface area contributed by atoms with Crippen LogP contribution in [0.25, 0.3) is 5.69 Å². The van der Waals surface area contributed by atoms with Gasteiger partial charge in [0.25, 0.3) is 5.69 Å². The number of nitrogens with zero attached hydrogens (tertiary/aromatic N) is 3. The Bertz CT molecular complexity index is 924. The Hall–Kier alpha value is -3.39. The zero-order chi connectivity index (χ0) is 18.9. The van der Waals surface area contributed by atoms with Crippen LogP contribution in [-0.4, -0.2) is 33.6 Å². The SMILES string of the molecule is COC(=O)c1c(N)c(C#N)cn1-c1c(C(=O)O)cc(Br)cc1[N+](=O)[O-]. The number of halogens is 1. The first kappa shape index (κ1) is 18.0. The van der Waals surface area contributed by atoms with Crippen molar-refractivity contribution >= 4 is 39.2 Å². The Labute approximate surface area is 148 Å². The number of carboxylic acids is 1. The zero-order valence-electron chi connectivity index (χ0n) is 12.5. The summed E-state index contributed by atoms with van der Waals surface area (Å²) in [6.45, 7) is 0. The van der Waals surface area contributed by atoms with Crippen LogP contribution in [0.2, 0.25) is 0 Å². The molecule has 25 heavy (non-hydrogen) atoms. The van der Waals surface area contributed by atoms with Crippen LogP contribution in [0, 0.1) is 21.4 Å². The number of esters is 1. The van der Waals surface area contributed by atoms with Gasteiger partial charge in [0.2, 0.25) is 0 Å². The van der Waals surface area contributed by atoms with Gasteiger partial charge in [-0.05, 0) is 6.07 Å². The first-order valence-electron chi connectivity index (χ1n) is 6.43. The molecule has 0 aliphatic carbocycles. The number of hydrogen-bond donors (Lipinski definition) is 2. The van der Waals surface area contributed by atoms with Gasteiger partial charge in [-0.3, -0.25) is 10.1 Å². The summed E-state index contributed by atoms with van der Waals surface area (Å²) >= 11 is 3.01. The first-order valence-corrected chi connectivity index (χ1v) is 7.23. The number of nitro benzene ring substituents is 1. The molecule has 0 bridgehead atoms. The van der Waals surface area contributed by atoms with Crippen molar-refractivity contribution in [2.75, 3.05) is 12.8 Å². The average molecular weight is 409 g/mol. The summed E-state index contributed by atoms with van der Waals surface area (Å²) in [6, 6.07) is 3.94. The number of carboxylic acid groups (broad SMARTS) is 1. The third-order valence-corrected chi connectivity index (χ3v) is 3.72. The van der Waals surface area contributed by atoms with E-state index in [9.17, 15) is 24.8 Å². The number of aromatic nitrogens is 1. The molecule has 0 aliphatic rings. The van der Waals surface area contributed by atoms with E-state index in [1.807, 2.05) is 0 Å². The van der Waals surface area contributed by atoms with Gasteiger partial charge in [0, 0.05) is 16.7 Å². The third-order valence-electron chi connectivity index (χ3n) is 3.27. The standard InChI is InChI=1S/C14H9BrN4O6/c1-25-14(22)12-10(17)6(4-16)5-18(12)11-8(13(20)21)2-7(15)3-9(11)19(23)24/h2-3,5H,17H2,1H3,(H,20,21). The summed E-state index contributed by atoms with van der Waals surface area (Å²) in [7, 11) is 1.05. The predicted octanol–water partition coefficient (Wildman–Crippen LogP) is 2.09. The minimum atomic E-state index is -1.47. The van der Waals surface area contributed by atoms with Gasteiger partial charge in [-0.2, -0.15) is 5.26 Å². The molecule has 1 heterocycles. The van der Waals surface area contributed by atoms with Gasteiger partial charge in [-0.15, -0.1) is 0 Å². The van der Waals surface area contributed by atoms with Crippen LogP contribution < -0.4 is 5.73 Å². The molecule has 0 radical (unpaired) electrons. The number of aromatic carboxylic acids is 1. The number of nitro groups is 1. The lowest BCUT2D eigenvalue weighted by atomic mass is 10.1. The molecule has 128 valence electrons. The van der Waals surface area contributed by atoms with E-state index in [1.54, 1.807) is 6.07 Å². The molecule has 2 rings (SSSR count). The number of methoxy groups -OCH3 is 1. The number of nitrogen functional groups attached to an aromatic ring is 1. The number of ether oxygens (including phenoxy) is 1. The van der Waals surface area contributed by atoms with E-state index in [0.717, 1.165) is 30.0 Å². The summed E-state index contributed by atoms with van der Waals surface area (Å²) in [5, 5.41) is 29.9. The molecular weight excluding hydrogens is 400 g/mol. The number of nitrogens with two attached hydrogens (primary N) is 1. The molecule has 0 fully saturated rings. The molecule has 0 saturated carbocycles. The van der Waals surface area contributed by atoms with E-state index in [1.165, 1.54) is 0 Å². The molecule has 0 aliphatic heterocycles. The van der Waals surface area contributed by atoms with Crippen molar-refractivity contribution in [2.24, 2.45) is 0 Å². The van der Waals surface area contributed by atoms with Crippen molar-refractivity contribution in [2.45, 2.75) is 0 Å². The number of benzene rings is 1. The number of carbonyl (C=O) groups excluding carboxylic acids is 1. The van der Waals surface area contributed by atoms with E-state index in [-0.39, 0.29) is 21.4 Å². The van der Waals surface area contributed by atoms with Crippen molar-refractivity contribution in [3.05, 3.63) is 49.7 Å². The van der Waals surface area contributed by atoms with Gasteiger partial charge in [0.1, 0.15) is 11.8 Å². The molecular formula is C14H9BrN4O6. The molecule has 2 aromatic rings. The second kappa shape index (κ2) is 6.62. The quantitative estimate of drug-likeness (QED) is 0.441. The molecule has 0 saturated heterocycles. The van der Waals surface area contributed by atoms with Crippen LogP contribution in [0.1, 0.15) is 26.4 Å². The van der Waals surface area contributed by atoms with Crippen LogP contribution in [0.5, 0.6) is 0 Å². The van der Waals surface area contributed by atoms with Crippen LogP contribution >= 0.6 is 15.9 Å². The molecule has 10 nitrogen and oxygen atoms in total. The number of carbonyl (C=O) groups is 2. The van der Waals surface area contributed by atoms with Crippen molar-refractivity contribution in [1.82, 2.24) is 4.57 Å². The van der Waals surface area contributed by atoms with Gasteiger partial charge in [0.15, 0.2) is 5.69 Å². The zero-order valence-corrected chi connectivity index (χ0v) is 14.1. The molecule has 0 amide bonds. The van der Waals surface area contributed by atoms with Gasteiger partial charge in [-0.1, -0.05) is 15.9 Å². The van der Waals surface area contributed by atoms with Crippen molar-refractivity contribution in [3.63, 3.8) is 0 Å². The molecule has 3 N–H and O–H groups in total. The highest BCUT2D eigenvalue weighted by Crippen LogP contribution is 2.35. The summed E-state index contributed by atoms with van der Waals surface area (Å²) in [5.41, 5.74) is 3.43. The topological polar surface area (TPSA) is 161 Å². The Kier molecular flexibility index (Phi) is 4.75. The largest absolute Gasteiger partial charge is 0.478 e. The molecule has 1 aromatic heterocycles. The highest BCUT2D eigenvalue weighted by atomic mass is 79.9. The van der Waals surface area contributed by atoms with Gasteiger partial charge in [0.05, 0.1) is 28.8 Å². The summed E-state index contributed by atoms with van der Waals surface area (Å²) < 4.78 is 5.62. The molecule has 0 atom stereocenters. The number of nitriles is 1. The van der Waals surface area contributed by atoms with E-state index >= 15 is 0 Å². The Morgan fingerprint density at radius 2 is 2.12 bits per heavy atom. The molecule has 0 unspecified atom stereocenters. The fraction of sp³-hybridized carbons (Fsp3) is 0.0714. The van der Waals surface area contributed by atoms with E-state index < -0.39 is 33.8 Å². The van der Waals surface area contributed by atoms with Crippen LogP contribution in [-0.2, 0) is 4.74 Å². The number of rotatable bonds is 4. The third kappa shape index (κ3) is 3.02. The fourth-order valence-electron chi connectivity index (χ4n) is 2.23. The lowest BCUT2D eigenvalue weighted by molar-refractivity contribution is -0.384. The average Bonchev–Trinajstić information content (AvgIpc) is 2.89. The number of hydrogen-bond acceptors (Lipinski definition) is 7. The lowest BCUT2D eigenvalue weighted by Gasteiger charge is -2.12. The maximum absolute atomic E-state index is 12.0. The Balaban J connectivity index is 3.01. The molecule has 11 heteroatoms. The summed E-state index contributed by atoms with van der Waals surface area (Å²) in [4.78, 5) is 34.2. The van der Waals surface area contributed by atoms with E-state index in [4.69, 9.17) is 11.0 Å². The van der Waals surface area contributed by atoms with Gasteiger partial charge >= 0.3 is 11.9 Å². The smallest absolute Gasteiger partial charge is 0.357 e. The van der Waals surface area contributed by atoms with Crippen LogP contribution in [0.15, 0.2) is 22.8 Å². The highest BCUT2D eigenvalue weighted by Gasteiger charge is 2.30. The Morgan fingerprint density at radius 3 is 2.60 bits per heavy atom. The minimum absolute atomic E-state index is 0.153. The normalized spacial score (nSPS) is 10.1. The van der Waals surface area contributed by atoms with Crippen LogP contribution in [0.3, 0.4) is 0 Å². The predicted molar refractivity (Wildman–Crippen MR) is 87.5 cm³/mol. The monoisotopic (exact) mass is 408 g/mol. The lowest BCUT2D eigenvalue weighted by Crippen LogP contribution is -2.15. The molecule has 0 spiro atoms. The maximum atomic E-state index is 12.0. The van der Waals surface area contributed by atoms with Gasteiger partial charge < -0.3 is 20.1 Å². The molecule has 1 aromatic carbocycles. The number of anilines is 1. The Morgan fingerprint density at radius 1 is 1.48 bits per heavy atom. The second-order valence-electron chi connectivity index (χ2n) is 4.66. The van der Waals surface area contributed by atoms with E-state index in [0.29, 0.717) is 0 Å². The first-order chi connectivity index (χ1) is 11.7. The van der Waals surface area contributed by atoms with Crippen LogP contribution in [0.4, 0.5) is 11.4 Å². The minimum Gasteiger partial charge on any atom is -0.478 e. The second-order valence-corrected chi connectivity index (χ2v) is 5.58. The van der Waals surface area contributed by atoms with Crippen molar-refractivity contribution < 1.29 is 24.4 Å². The maximum Gasteiger partial charge on any atom is 0.357 e. The highest BCUT2D eigenvalue weighted by molar-refractivity contribution is 9.10. The van der Waals surface area contributed by atoms with Crippen molar-refractivity contribution in [3.8, 4) is 11.8 Å². The van der Waals surface area contributed by atoms with Gasteiger partial charge in [-0.25, -0.2) is 9.59 Å². The summed E-state index contributed by atoms with van der Waals surface area (Å²) in [6.07, 6.45) is 1.05.